The lowest BCUT2D eigenvalue weighted by molar-refractivity contribution is -0.121. The Bertz CT molecular complexity index is 748. The standard InChI is InChI=1S/C18H18ClFN2O/c1-2-18(23)22-17-5-3-4-12-13(9-21-10-14(12)17)11-6-7-15(19)16(20)8-11/h6-10,17H,2-5H2,1H3,(H,22,23). The first-order valence-electron chi connectivity index (χ1n) is 7.81. The summed E-state index contributed by atoms with van der Waals surface area (Å²) in [6, 6.07) is 4.78. The molecule has 3 rings (SSSR count). The van der Waals surface area contributed by atoms with Crippen LogP contribution in [0.25, 0.3) is 11.1 Å². The molecule has 0 spiro atoms. The van der Waals surface area contributed by atoms with Crippen molar-refractivity contribution in [2.45, 2.75) is 38.6 Å². The number of aromatic nitrogens is 1. The van der Waals surface area contributed by atoms with Crippen LogP contribution in [-0.4, -0.2) is 10.9 Å². The van der Waals surface area contributed by atoms with Crippen LogP contribution in [-0.2, 0) is 11.2 Å². The van der Waals surface area contributed by atoms with Crippen LogP contribution < -0.4 is 5.32 Å². The van der Waals surface area contributed by atoms with Crippen molar-refractivity contribution in [1.82, 2.24) is 10.3 Å². The number of rotatable bonds is 3. The fourth-order valence-corrected chi connectivity index (χ4v) is 3.20. The van der Waals surface area contributed by atoms with Gasteiger partial charge in [0.15, 0.2) is 0 Å². The largest absolute Gasteiger partial charge is 0.349 e. The molecule has 1 aromatic carbocycles. The van der Waals surface area contributed by atoms with Crippen LogP contribution in [0.2, 0.25) is 5.02 Å². The Balaban J connectivity index is 2.02. The fourth-order valence-electron chi connectivity index (χ4n) is 3.08. The molecule has 0 saturated heterocycles. The van der Waals surface area contributed by atoms with E-state index in [-0.39, 0.29) is 17.0 Å². The molecule has 120 valence electrons. The lowest BCUT2D eigenvalue weighted by atomic mass is 9.84. The number of hydrogen-bond donors (Lipinski definition) is 1. The molecule has 0 bridgehead atoms. The van der Waals surface area contributed by atoms with Gasteiger partial charge in [-0.05, 0) is 48.1 Å². The van der Waals surface area contributed by atoms with Gasteiger partial charge in [0.1, 0.15) is 5.82 Å². The normalized spacial score (nSPS) is 16.7. The second-order valence-corrected chi connectivity index (χ2v) is 6.16. The molecule has 1 heterocycles. The maximum absolute atomic E-state index is 13.8. The summed E-state index contributed by atoms with van der Waals surface area (Å²) in [5, 5.41) is 3.16. The molecule has 0 fully saturated rings. The van der Waals surface area contributed by atoms with Crippen LogP contribution in [0.4, 0.5) is 4.39 Å². The zero-order chi connectivity index (χ0) is 16.4. The van der Waals surface area contributed by atoms with E-state index in [4.69, 9.17) is 11.6 Å². The SMILES string of the molecule is CCC(=O)NC1CCCc2c(-c3ccc(Cl)c(F)c3)cncc21. The third-order valence-corrected chi connectivity index (χ3v) is 4.58. The van der Waals surface area contributed by atoms with Gasteiger partial charge in [-0.15, -0.1) is 0 Å². The summed E-state index contributed by atoms with van der Waals surface area (Å²) < 4.78 is 13.8. The van der Waals surface area contributed by atoms with E-state index in [2.05, 4.69) is 10.3 Å². The Hall–Kier alpha value is -1.94. The minimum Gasteiger partial charge on any atom is -0.349 e. The number of halogens is 2. The number of carbonyl (C=O) groups is 1. The van der Waals surface area contributed by atoms with Gasteiger partial charge < -0.3 is 5.32 Å². The third-order valence-electron chi connectivity index (χ3n) is 4.27. The number of hydrogen-bond acceptors (Lipinski definition) is 2. The minimum absolute atomic E-state index is 0.0178. The van der Waals surface area contributed by atoms with E-state index in [1.54, 1.807) is 18.3 Å². The van der Waals surface area contributed by atoms with Crippen LogP contribution in [0.3, 0.4) is 0 Å². The van der Waals surface area contributed by atoms with Crippen LogP contribution in [0.15, 0.2) is 30.6 Å². The molecule has 1 aliphatic carbocycles. The van der Waals surface area contributed by atoms with Crippen LogP contribution in [0.5, 0.6) is 0 Å². The summed E-state index contributed by atoms with van der Waals surface area (Å²) >= 11 is 5.77. The van der Waals surface area contributed by atoms with E-state index in [0.717, 1.165) is 41.5 Å². The van der Waals surface area contributed by atoms with Crippen molar-refractivity contribution >= 4 is 17.5 Å². The fraction of sp³-hybridized carbons (Fsp3) is 0.333. The quantitative estimate of drug-likeness (QED) is 0.902. The molecule has 0 aliphatic heterocycles. The van der Waals surface area contributed by atoms with E-state index < -0.39 is 5.82 Å². The molecular formula is C18H18ClFN2O. The second-order valence-electron chi connectivity index (χ2n) is 5.75. The average molecular weight is 333 g/mol. The molecule has 1 aliphatic rings. The van der Waals surface area contributed by atoms with Gasteiger partial charge in [0.05, 0.1) is 11.1 Å². The topological polar surface area (TPSA) is 42.0 Å². The zero-order valence-corrected chi connectivity index (χ0v) is 13.7. The predicted molar refractivity (Wildman–Crippen MR) is 88.8 cm³/mol. The molecule has 1 N–H and O–H groups in total. The summed E-state index contributed by atoms with van der Waals surface area (Å²) in [4.78, 5) is 16.0. The van der Waals surface area contributed by atoms with Crippen molar-refractivity contribution in [2.24, 2.45) is 0 Å². The smallest absolute Gasteiger partial charge is 0.220 e. The predicted octanol–water partition coefficient (Wildman–Crippen LogP) is 4.44. The first-order valence-corrected chi connectivity index (χ1v) is 8.19. The number of nitrogens with one attached hydrogen (secondary N) is 1. The summed E-state index contributed by atoms with van der Waals surface area (Å²) in [5.74, 6) is -0.404. The van der Waals surface area contributed by atoms with E-state index in [1.807, 2.05) is 13.1 Å². The van der Waals surface area contributed by atoms with Crippen LogP contribution >= 0.6 is 11.6 Å². The van der Waals surface area contributed by atoms with Crippen molar-refractivity contribution in [3.8, 4) is 11.1 Å². The highest BCUT2D eigenvalue weighted by molar-refractivity contribution is 6.30. The summed E-state index contributed by atoms with van der Waals surface area (Å²) in [6.07, 6.45) is 6.81. The van der Waals surface area contributed by atoms with Gasteiger partial charge in [0.25, 0.3) is 0 Å². The summed E-state index contributed by atoms with van der Waals surface area (Å²) in [7, 11) is 0. The molecule has 1 aromatic heterocycles. The van der Waals surface area contributed by atoms with Crippen LogP contribution in [0.1, 0.15) is 43.4 Å². The van der Waals surface area contributed by atoms with Crippen molar-refractivity contribution in [1.29, 1.82) is 0 Å². The molecule has 3 nitrogen and oxygen atoms in total. The van der Waals surface area contributed by atoms with E-state index in [0.29, 0.717) is 6.42 Å². The monoisotopic (exact) mass is 332 g/mol. The maximum atomic E-state index is 13.8. The Morgan fingerprint density at radius 1 is 1.43 bits per heavy atom. The first kappa shape index (κ1) is 15.9. The van der Waals surface area contributed by atoms with Gasteiger partial charge in [-0.25, -0.2) is 4.39 Å². The number of nitrogens with zero attached hydrogens (tertiary/aromatic N) is 1. The molecule has 2 aromatic rings. The minimum atomic E-state index is -0.437. The van der Waals surface area contributed by atoms with Gasteiger partial charge in [-0.3, -0.25) is 9.78 Å². The first-order chi connectivity index (χ1) is 11.1. The number of pyridine rings is 1. The Labute approximate surface area is 139 Å². The zero-order valence-electron chi connectivity index (χ0n) is 12.9. The van der Waals surface area contributed by atoms with E-state index in [1.165, 1.54) is 6.07 Å². The lowest BCUT2D eigenvalue weighted by Gasteiger charge is -2.27. The molecular weight excluding hydrogens is 315 g/mol. The molecule has 1 atom stereocenters. The lowest BCUT2D eigenvalue weighted by Crippen LogP contribution is -2.30. The average Bonchev–Trinajstić information content (AvgIpc) is 2.57. The van der Waals surface area contributed by atoms with Gasteiger partial charge in [-0.1, -0.05) is 24.6 Å². The highest BCUT2D eigenvalue weighted by Crippen LogP contribution is 2.36. The van der Waals surface area contributed by atoms with Crippen molar-refractivity contribution in [3.05, 3.63) is 52.6 Å². The highest BCUT2D eigenvalue weighted by atomic mass is 35.5. The molecule has 23 heavy (non-hydrogen) atoms. The van der Waals surface area contributed by atoms with E-state index >= 15 is 0 Å². The van der Waals surface area contributed by atoms with Gasteiger partial charge >= 0.3 is 0 Å². The van der Waals surface area contributed by atoms with Crippen molar-refractivity contribution < 1.29 is 9.18 Å². The Morgan fingerprint density at radius 2 is 2.26 bits per heavy atom. The number of amides is 1. The third kappa shape index (κ3) is 3.22. The number of carbonyl (C=O) groups excluding carboxylic acids is 1. The maximum Gasteiger partial charge on any atom is 0.220 e. The molecule has 0 saturated carbocycles. The van der Waals surface area contributed by atoms with E-state index in [9.17, 15) is 9.18 Å². The second kappa shape index (κ2) is 6.67. The Morgan fingerprint density at radius 3 is 3.00 bits per heavy atom. The van der Waals surface area contributed by atoms with Crippen LogP contribution in [0, 0.1) is 5.82 Å². The van der Waals surface area contributed by atoms with Gasteiger partial charge in [-0.2, -0.15) is 0 Å². The van der Waals surface area contributed by atoms with Gasteiger partial charge in [0.2, 0.25) is 5.91 Å². The molecule has 0 radical (unpaired) electrons. The number of benzene rings is 1. The summed E-state index contributed by atoms with van der Waals surface area (Å²) in [6.45, 7) is 1.84. The highest BCUT2D eigenvalue weighted by Gasteiger charge is 2.24. The Kier molecular flexibility index (Phi) is 4.62. The number of fused-ring (bicyclic) bond motifs is 1. The molecule has 1 amide bonds. The molecule has 5 heteroatoms. The van der Waals surface area contributed by atoms with Crippen molar-refractivity contribution in [3.63, 3.8) is 0 Å². The van der Waals surface area contributed by atoms with Crippen molar-refractivity contribution in [2.75, 3.05) is 0 Å². The molecule has 1 unspecified atom stereocenters. The van der Waals surface area contributed by atoms with Gasteiger partial charge in [0, 0.05) is 24.4 Å². The summed E-state index contributed by atoms with van der Waals surface area (Å²) in [5.41, 5.74) is 3.84.